The number of rotatable bonds is 4. The van der Waals surface area contributed by atoms with Gasteiger partial charge < -0.3 is 9.88 Å². The first-order chi connectivity index (χ1) is 6.70. The van der Waals surface area contributed by atoms with Gasteiger partial charge in [0.15, 0.2) is 0 Å². The number of hydrogen-bond donors (Lipinski definition) is 1. The van der Waals surface area contributed by atoms with Gasteiger partial charge in [0.2, 0.25) is 0 Å². The molecule has 0 aliphatic heterocycles. The average Bonchev–Trinajstić information content (AvgIpc) is 2.42. The largest absolute Gasteiger partial charge is 0.349 e. The fourth-order valence-electron chi connectivity index (χ4n) is 1.81. The maximum atomic E-state index is 5.17. The molecule has 14 heavy (non-hydrogen) atoms. The van der Waals surface area contributed by atoms with E-state index >= 15 is 0 Å². The summed E-state index contributed by atoms with van der Waals surface area (Å²) in [7, 11) is 0. The van der Waals surface area contributed by atoms with Gasteiger partial charge in [-0.3, -0.25) is 0 Å². The van der Waals surface area contributed by atoms with Crippen LogP contribution in [-0.4, -0.2) is 11.1 Å². The van der Waals surface area contributed by atoms with E-state index in [0.29, 0.717) is 6.54 Å². The summed E-state index contributed by atoms with van der Waals surface area (Å²) >= 11 is 0. The maximum Gasteiger partial charge on any atom is 0.0576 e. The second kappa shape index (κ2) is 4.88. The zero-order valence-corrected chi connectivity index (χ0v) is 9.22. The number of terminal acetylenes is 1. The molecule has 1 heterocycles. The average molecular weight is 190 g/mol. The van der Waals surface area contributed by atoms with E-state index in [2.05, 4.69) is 42.6 Å². The Morgan fingerprint density at radius 2 is 2.21 bits per heavy atom. The van der Waals surface area contributed by atoms with Gasteiger partial charge >= 0.3 is 0 Å². The van der Waals surface area contributed by atoms with Crippen molar-refractivity contribution >= 4 is 0 Å². The lowest BCUT2D eigenvalue weighted by atomic mass is 10.2. The summed E-state index contributed by atoms with van der Waals surface area (Å²) in [6.45, 7) is 9.00. The zero-order valence-electron chi connectivity index (χ0n) is 9.22. The highest BCUT2D eigenvalue weighted by Gasteiger charge is 2.06. The molecule has 0 aliphatic carbocycles. The van der Waals surface area contributed by atoms with Crippen LogP contribution >= 0.6 is 0 Å². The summed E-state index contributed by atoms with van der Waals surface area (Å²) in [6.07, 6.45) is 5.17. The van der Waals surface area contributed by atoms with Gasteiger partial charge in [0.05, 0.1) is 6.54 Å². The third-order valence-electron chi connectivity index (χ3n) is 2.54. The van der Waals surface area contributed by atoms with Crippen molar-refractivity contribution in [2.24, 2.45) is 0 Å². The summed E-state index contributed by atoms with van der Waals surface area (Å²) in [5.41, 5.74) is 4.01. The molecule has 0 amide bonds. The topological polar surface area (TPSA) is 17.0 Å². The molecule has 2 heteroatoms. The molecular formula is C12H18N2. The maximum absolute atomic E-state index is 5.17. The molecule has 76 valence electrons. The van der Waals surface area contributed by atoms with E-state index in [9.17, 15) is 0 Å². The van der Waals surface area contributed by atoms with E-state index in [1.807, 2.05) is 0 Å². The Balaban J connectivity index is 2.74. The molecule has 0 radical (unpaired) electrons. The third-order valence-corrected chi connectivity index (χ3v) is 2.54. The van der Waals surface area contributed by atoms with Crippen molar-refractivity contribution in [3.8, 4) is 12.3 Å². The number of nitrogens with one attached hydrogen (secondary N) is 1. The molecule has 0 saturated carbocycles. The first kappa shape index (κ1) is 10.9. The van der Waals surface area contributed by atoms with Gasteiger partial charge in [-0.2, -0.15) is 0 Å². The highest BCUT2D eigenvalue weighted by molar-refractivity contribution is 5.26. The van der Waals surface area contributed by atoms with Crippen molar-refractivity contribution in [3.05, 3.63) is 23.0 Å². The Morgan fingerprint density at radius 1 is 1.50 bits per heavy atom. The van der Waals surface area contributed by atoms with Crippen LogP contribution in [0.1, 0.15) is 23.9 Å². The quantitative estimate of drug-likeness (QED) is 0.566. The van der Waals surface area contributed by atoms with Crippen molar-refractivity contribution in [1.29, 1.82) is 0 Å². The van der Waals surface area contributed by atoms with Gasteiger partial charge in [-0.05, 0) is 32.4 Å². The lowest BCUT2D eigenvalue weighted by molar-refractivity contribution is 0.704. The van der Waals surface area contributed by atoms with Crippen molar-refractivity contribution < 1.29 is 0 Å². The van der Waals surface area contributed by atoms with Crippen LogP contribution in [0.15, 0.2) is 6.07 Å². The van der Waals surface area contributed by atoms with Gasteiger partial charge in [0, 0.05) is 24.5 Å². The minimum Gasteiger partial charge on any atom is -0.349 e. The molecule has 0 aliphatic rings. The highest BCUT2D eigenvalue weighted by Crippen LogP contribution is 2.14. The monoisotopic (exact) mass is 190 g/mol. The molecule has 0 atom stereocenters. The van der Waals surface area contributed by atoms with Crippen LogP contribution in [0.3, 0.4) is 0 Å². The van der Waals surface area contributed by atoms with Crippen molar-refractivity contribution in [3.63, 3.8) is 0 Å². The van der Waals surface area contributed by atoms with Crippen LogP contribution < -0.4 is 5.32 Å². The SMILES string of the molecule is C#CCNCc1cc(C)n(CC)c1C. The minimum atomic E-state index is 0.635. The number of hydrogen-bond acceptors (Lipinski definition) is 1. The van der Waals surface area contributed by atoms with Crippen LogP contribution in [0.4, 0.5) is 0 Å². The van der Waals surface area contributed by atoms with E-state index in [0.717, 1.165) is 13.1 Å². The van der Waals surface area contributed by atoms with Gasteiger partial charge in [-0.1, -0.05) is 5.92 Å². The molecular weight excluding hydrogens is 172 g/mol. The third kappa shape index (κ3) is 2.18. The summed E-state index contributed by atoms with van der Waals surface area (Å²) in [5.74, 6) is 2.57. The summed E-state index contributed by atoms with van der Waals surface area (Å²) < 4.78 is 2.31. The van der Waals surface area contributed by atoms with E-state index in [1.54, 1.807) is 0 Å². The summed E-state index contributed by atoms with van der Waals surface area (Å²) in [5, 5.41) is 3.21. The number of aryl methyl sites for hydroxylation is 1. The molecule has 1 rings (SSSR count). The van der Waals surface area contributed by atoms with Crippen molar-refractivity contribution in [2.45, 2.75) is 33.9 Å². The molecule has 0 bridgehead atoms. The van der Waals surface area contributed by atoms with Crippen molar-refractivity contribution in [1.82, 2.24) is 9.88 Å². The van der Waals surface area contributed by atoms with Crippen molar-refractivity contribution in [2.75, 3.05) is 6.54 Å². The zero-order chi connectivity index (χ0) is 10.6. The Morgan fingerprint density at radius 3 is 2.71 bits per heavy atom. The first-order valence-electron chi connectivity index (χ1n) is 5.00. The van der Waals surface area contributed by atoms with E-state index in [4.69, 9.17) is 6.42 Å². The Hall–Kier alpha value is -1.20. The second-order valence-corrected chi connectivity index (χ2v) is 3.45. The Bertz CT molecular complexity index is 342. The molecule has 1 aromatic heterocycles. The second-order valence-electron chi connectivity index (χ2n) is 3.45. The van der Waals surface area contributed by atoms with Crippen LogP contribution in [0.2, 0.25) is 0 Å². The predicted octanol–water partition coefficient (Wildman–Crippen LogP) is 1.85. The molecule has 0 aromatic carbocycles. The van der Waals surface area contributed by atoms with E-state index in [-0.39, 0.29) is 0 Å². The van der Waals surface area contributed by atoms with E-state index in [1.165, 1.54) is 17.0 Å². The molecule has 2 nitrogen and oxygen atoms in total. The van der Waals surface area contributed by atoms with Gasteiger partial charge in [0.25, 0.3) is 0 Å². The first-order valence-corrected chi connectivity index (χ1v) is 5.00. The van der Waals surface area contributed by atoms with Crippen LogP contribution in [0, 0.1) is 26.2 Å². The van der Waals surface area contributed by atoms with Gasteiger partial charge in [0.1, 0.15) is 0 Å². The van der Waals surface area contributed by atoms with Crippen LogP contribution in [0.25, 0.3) is 0 Å². The van der Waals surface area contributed by atoms with Gasteiger partial charge in [-0.25, -0.2) is 0 Å². The lowest BCUT2D eigenvalue weighted by Gasteiger charge is -2.05. The summed E-state index contributed by atoms with van der Waals surface area (Å²) in [4.78, 5) is 0. The molecule has 0 saturated heterocycles. The van der Waals surface area contributed by atoms with E-state index < -0.39 is 0 Å². The number of aromatic nitrogens is 1. The Labute approximate surface area is 86.3 Å². The fraction of sp³-hybridized carbons (Fsp3) is 0.500. The Kier molecular flexibility index (Phi) is 3.79. The minimum absolute atomic E-state index is 0.635. The smallest absolute Gasteiger partial charge is 0.0576 e. The fourth-order valence-corrected chi connectivity index (χ4v) is 1.81. The summed E-state index contributed by atoms with van der Waals surface area (Å²) in [6, 6.07) is 2.22. The molecule has 0 spiro atoms. The molecule has 0 unspecified atom stereocenters. The normalized spacial score (nSPS) is 10.1. The lowest BCUT2D eigenvalue weighted by Crippen LogP contribution is -2.13. The van der Waals surface area contributed by atoms with Gasteiger partial charge in [-0.15, -0.1) is 6.42 Å². The predicted molar refractivity (Wildman–Crippen MR) is 60.1 cm³/mol. The molecule has 1 N–H and O–H groups in total. The molecule has 1 aromatic rings. The van der Waals surface area contributed by atoms with Crippen LogP contribution in [-0.2, 0) is 13.1 Å². The number of nitrogens with zero attached hydrogens (tertiary/aromatic N) is 1. The highest BCUT2D eigenvalue weighted by atomic mass is 15.0. The standard InChI is InChI=1S/C12H18N2/c1-5-7-13-9-12-8-10(3)14(6-2)11(12)4/h1,8,13H,6-7,9H2,2-4H3. The van der Waals surface area contributed by atoms with Crippen LogP contribution in [0.5, 0.6) is 0 Å². The molecule has 0 fully saturated rings.